The molecule has 186 valence electrons. The first-order valence-corrected chi connectivity index (χ1v) is 11.5. The van der Waals surface area contributed by atoms with Crippen LogP contribution in [-0.4, -0.2) is 34.0 Å². The number of ether oxygens (including phenoxy) is 3. The van der Waals surface area contributed by atoms with Crippen LogP contribution in [0.25, 0.3) is 11.1 Å². The molecular weight excluding hydrogens is 474 g/mol. The highest BCUT2D eigenvalue weighted by molar-refractivity contribution is 5.95. The Balaban J connectivity index is 1.38. The first-order chi connectivity index (χ1) is 18.0. The van der Waals surface area contributed by atoms with Gasteiger partial charge in [-0.15, -0.1) is 0 Å². The number of carbonyl (C=O) groups excluding carboxylic acids is 1. The maximum absolute atomic E-state index is 13.5. The van der Waals surface area contributed by atoms with E-state index in [1.807, 2.05) is 54.6 Å². The van der Waals surface area contributed by atoms with Gasteiger partial charge in [0.05, 0.1) is 0 Å². The van der Waals surface area contributed by atoms with Gasteiger partial charge in [0, 0.05) is 18.7 Å². The zero-order valence-corrected chi connectivity index (χ0v) is 19.7. The van der Waals surface area contributed by atoms with Gasteiger partial charge in [-0.1, -0.05) is 60.7 Å². The molecule has 1 amide bonds. The standard InChI is InChI=1S/C29H23NO7/c31-24-12-10-22(14-26(24)37-29(33)34)21-8-6-20(7-9-21)17-30(16-19-4-2-1-3-5-19)28(32)23-11-13-25-27(15-23)36-18-35-25/h1-15,31H,16-18H2,(H,33,34). The van der Waals surface area contributed by atoms with E-state index in [0.717, 1.165) is 16.7 Å². The number of rotatable bonds is 7. The van der Waals surface area contributed by atoms with Gasteiger partial charge in [-0.25, -0.2) is 4.79 Å². The van der Waals surface area contributed by atoms with Crippen molar-refractivity contribution < 1.29 is 34.0 Å². The number of benzene rings is 4. The summed E-state index contributed by atoms with van der Waals surface area (Å²) in [4.78, 5) is 26.2. The van der Waals surface area contributed by atoms with Crippen molar-refractivity contribution in [2.45, 2.75) is 13.1 Å². The molecule has 0 aromatic heterocycles. The number of phenols is 1. The van der Waals surface area contributed by atoms with E-state index in [9.17, 15) is 14.7 Å². The van der Waals surface area contributed by atoms with E-state index in [-0.39, 0.29) is 24.2 Å². The van der Waals surface area contributed by atoms with Crippen molar-refractivity contribution in [2.24, 2.45) is 0 Å². The van der Waals surface area contributed by atoms with Crippen LogP contribution in [0.2, 0.25) is 0 Å². The Morgan fingerprint density at radius 2 is 1.46 bits per heavy atom. The molecule has 0 bridgehead atoms. The number of carbonyl (C=O) groups is 2. The van der Waals surface area contributed by atoms with Crippen molar-refractivity contribution in [2.75, 3.05) is 6.79 Å². The van der Waals surface area contributed by atoms with Gasteiger partial charge in [0.15, 0.2) is 23.0 Å². The van der Waals surface area contributed by atoms with Crippen molar-refractivity contribution in [3.63, 3.8) is 0 Å². The highest BCUT2D eigenvalue weighted by Crippen LogP contribution is 2.34. The van der Waals surface area contributed by atoms with E-state index < -0.39 is 6.16 Å². The van der Waals surface area contributed by atoms with Gasteiger partial charge in [0.1, 0.15) is 0 Å². The number of fused-ring (bicyclic) bond motifs is 1. The maximum atomic E-state index is 13.5. The predicted molar refractivity (Wildman–Crippen MR) is 135 cm³/mol. The molecule has 4 aromatic rings. The summed E-state index contributed by atoms with van der Waals surface area (Å²) in [6.45, 7) is 0.924. The molecule has 37 heavy (non-hydrogen) atoms. The van der Waals surface area contributed by atoms with Crippen LogP contribution in [0.3, 0.4) is 0 Å². The minimum atomic E-state index is -1.51. The molecular formula is C29H23NO7. The fourth-order valence-corrected chi connectivity index (χ4v) is 4.11. The number of carboxylic acid groups (broad SMARTS) is 1. The van der Waals surface area contributed by atoms with Gasteiger partial charge in [0.2, 0.25) is 6.79 Å². The lowest BCUT2D eigenvalue weighted by Crippen LogP contribution is -2.30. The van der Waals surface area contributed by atoms with Gasteiger partial charge in [-0.05, 0) is 52.6 Å². The minimum Gasteiger partial charge on any atom is -0.504 e. The Kier molecular flexibility index (Phi) is 6.63. The van der Waals surface area contributed by atoms with Crippen LogP contribution in [0.15, 0.2) is 91.0 Å². The van der Waals surface area contributed by atoms with Crippen molar-refractivity contribution in [3.8, 4) is 34.1 Å². The number of phenolic OH excluding ortho intramolecular Hbond substituents is 1. The van der Waals surface area contributed by atoms with Crippen LogP contribution < -0.4 is 14.2 Å². The summed E-state index contributed by atoms with van der Waals surface area (Å²) in [5.74, 6) is 0.627. The summed E-state index contributed by atoms with van der Waals surface area (Å²) >= 11 is 0. The lowest BCUT2D eigenvalue weighted by Gasteiger charge is -2.23. The lowest BCUT2D eigenvalue weighted by molar-refractivity contribution is 0.0729. The highest BCUT2D eigenvalue weighted by Gasteiger charge is 2.21. The van der Waals surface area contributed by atoms with Crippen molar-refractivity contribution >= 4 is 12.1 Å². The van der Waals surface area contributed by atoms with Crippen LogP contribution >= 0.6 is 0 Å². The normalized spacial score (nSPS) is 11.7. The largest absolute Gasteiger partial charge is 0.511 e. The zero-order chi connectivity index (χ0) is 25.8. The van der Waals surface area contributed by atoms with E-state index >= 15 is 0 Å². The van der Waals surface area contributed by atoms with E-state index in [4.69, 9.17) is 14.6 Å². The maximum Gasteiger partial charge on any atom is 0.511 e. The van der Waals surface area contributed by atoms with Crippen molar-refractivity contribution in [1.29, 1.82) is 0 Å². The van der Waals surface area contributed by atoms with Gasteiger partial charge in [0.25, 0.3) is 5.91 Å². The molecule has 1 heterocycles. The van der Waals surface area contributed by atoms with Crippen LogP contribution in [0, 0.1) is 0 Å². The minimum absolute atomic E-state index is 0.137. The molecule has 0 radical (unpaired) electrons. The summed E-state index contributed by atoms with van der Waals surface area (Å²) in [5.41, 5.74) is 3.90. The smallest absolute Gasteiger partial charge is 0.504 e. The molecule has 2 N–H and O–H groups in total. The third kappa shape index (κ3) is 5.48. The monoisotopic (exact) mass is 497 g/mol. The van der Waals surface area contributed by atoms with E-state index in [1.165, 1.54) is 12.1 Å². The molecule has 0 fully saturated rings. The molecule has 4 aromatic carbocycles. The van der Waals surface area contributed by atoms with Crippen LogP contribution in [0.1, 0.15) is 21.5 Å². The molecule has 0 saturated carbocycles. The topological polar surface area (TPSA) is 106 Å². The Hall–Kier alpha value is -4.98. The molecule has 8 heteroatoms. The number of nitrogens with zero attached hydrogens (tertiary/aromatic N) is 1. The van der Waals surface area contributed by atoms with Gasteiger partial charge < -0.3 is 29.3 Å². The Labute approximate surface area is 212 Å². The van der Waals surface area contributed by atoms with Gasteiger partial charge >= 0.3 is 6.16 Å². The summed E-state index contributed by atoms with van der Waals surface area (Å²) in [5, 5.41) is 18.7. The second-order valence-electron chi connectivity index (χ2n) is 8.46. The van der Waals surface area contributed by atoms with Gasteiger partial charge in [-0.2, -0.15) is 0 Å². The molecule has 0 atom stereocenters. The number of hydrogen-bond acceptors (Lipinski definition) is 6. The summed E-state index contributed by atoms with van der Waals surface area (Å²) < 4.78 is 15.5. The third-order valence-corrected chi connectivity index (χ3v) is 5.94. The Bertz CT molecular complexity index is 1430. The molecule has 1 aliphatic rings. The first-order valence-electron chi connectivity index (χ1n) is 11.5. The number of hydrogen-bond donors (Lipinski definition) is 2. The molecule has 8 nitrogen and oxygen atoms in total. The number of amides is 1. The average Bonchev–Trinajstić information content (AvgIpc) is 3.38. The highest BCUT2D eigenvalue weighted by atomic mass is 16.7. The zero-order valence-electron chi connectivity index (χ0n) is 19.7. The second-order valence-corrected chi connectivity index (χ2v) is 8.46. The summed E-state index contributed by atoms with van der Waals surface area (Å²) in [6, 6.07) is 27.0. The van der Waals surface area contributed by atoms with Crippen LogP contribution in [-0.2, 0) is 13.1 Å². The molecule has 0 saturated heterocycles. The average molecular weight is 498 g/mol. The molecule has 0 unspecified atom stereocenters. The van der Waals surface area contributed by atoms with Crippen molar-refractivity contribution in [1.82, 2.24) is 4.90 Å². The fraction of sp³-hybridized carbons (Fsp3) is 0.103. The van der Waals surface area contributed by atoms with Gasteiger partial charge in [-0.3, -0.25) is 4.79 Å². The summed E-state index contributed by atoms with van der Waals surface area (Å²) in [7, 11) is 0. The molecule has 0 aliphatic carbocycles. The number of aromatic hydroxyl groups is 1. The van der Waals surface area contributed by atoms with Crippen molar-refractivity contribution in [3.05, 3.63) is 108 Å². The first kappa shape index (κ1) is 23.7. The SMILES string of the molecule is O=C(O)Oc1cc(-c2ccc(CN(Cc3ccccc3)C(=O)c3ccc4c(c3)OCO4)cc2)ccc1O. The second kappa shape index (κ2) is 10.3. The molecule has 1 aliphatic heterocycles. The van der Waals surface area contributed by atoms with E-state index in [1.54, 1.807) is 29.2 Å². The quantitative estimate of drug-likeness (QED) is 0.250. The van der Waals surface area contributed by atoms with E-state index in [0.29, 0.717) is 35.7 Å². The Morgan fingerprint density at radius 3 is 2.19 bits per heavy atom. The lowest BCUT2D eigenvalue weighted by atomic mass is 10.0. The fourth-order valence-electron chi connectivity index (χ4n) is 4.11. The predicted octanol–water partition coefficient (Wildman–Crippen LogP) is 5.69. The Morgan fingerprint density at radius 1 is 0.784 bits per heavy atom. The molecule has 0 spiro atoms. The summed E-state index contributed by atoms with van der Waals surface area (Å²) in [6.07, 6.45) is -1.51. The third-order valence-electron chi connectivity index (χ3n) is 5.94. The van der Waals surface area contributed by atoms with E-state index in [2.05, 4.69) is 4.74 Å². The van der Waals surface area contributed by atoms with Crippen LogP contribution in [0.4, 0.5) is 4.79 Å². The van der Waals surface area contributed by atoms with Crippen LogP contribution in [0.5, 0.6) is 23.0 Å². The molecule has 5 rings (SSSR count).